The molecule has 0 fully saturated rings. The Balaban J connectivity index is 1.92. The third-order valence-electron chi connectivity index (χ3n) is 3.86. The van der Waals surface area contributed by atoms with Crippen molar-refractivity contribution in [3.63, 3.8) is 0 Å². The summed E-state index contributed by atoms with van der Waals surface area (Å²) in [6.07, 6.45) is 1.46. The molecule has 1 aromatic carbocycles. The van der Waals surface area contributed by atoms with E-state index in [-0.39, 0.29) is 5.97 Å². The van der Waals surface area contributed by atoms with Crippen LogP contribution < -0.4 is 5.32 Å². The van der Waals surface area contributed by atoms with Gasteiger partial charge in [0.25, 0.3) is 0 Å². The van der Waals surface area contributed by atoms with Crippen LogP contribution in [0.1, 0.15) is 25.5 Å². The van der Waals surface area contributed by atoms with E-state index in [1.165, 1.54) is 6.33 Å². The number of allylic oxidation sites excluding steroid dienone is 1. The normalized spacial score (nSPS) is 16.4. The largest absolute Gasteiger partial charge is 0.461 e. The highest BCUT2D eigenvalue weighted by Crippen LogP contribution is 2.35. The van der Waals surface area contributed by atoms with Crippen molar-refractivity contribution in [3.05, 3.63) is 52.4 Å². The van der Waals surface area contributed by atoms with Crippen molar-refractivity contribution in [2.45, 2.75) is 19.9 Å². The molecule has 0 radical (unpaired) electrons. The summed E-state index contributed by atoms with van der Waals surface area (Å²) in [4.78, 5) is 16.9. The molecule has 3 rings (SSSR count). The quantitative estimate of drug-likeness (QED) is 0.612. The first-order valence-corrected chi connectivity index (χ1v) is 9.52. The average molecular weight is 379 g/mol. The van der Waals surface area contributed by atoms with Crippen LogP contribution in [0.5, 0.6) is 0 Å². The van der Waals surface area contributed by atoms with E-state index in [9.17, 15) is 4.79 Å². The van der Waals surface area contributed by atoms with Gasteiger partial charge in [0.1, 0.15) is 19.0 Å². The Hall–Kier alpha value is -1.99. The van der Waals surface area contributed by atoms with Gasteiger partial charge in [0, 0.05) is 16.5 Å². The van der Waals surface area contributed by atoms with Crippen LogP contribution in [-0.2, 0) is 9.53 Å². The second-order valence-electron chi connectivity index (χ2n) is 5.48. The zero-order chi connectivity index (χ0) is 17.8. The van der Waals surface area contributed by atoms with E-state index in [2.05, 4.69) is 22.3 Å². The summed E-state index contributed by atoms with van der Waals surface area (Å²) in [5.74, 6) is 2.02. The van der Waals surface area contributed by atoms with E-state index in [1.807, 2.05) is 19.1 Å². The number of hydrogen-bond donors (Lipinski definition) is 1. The summed E-state index contributed by atoms with van der Waals surface area (Å²) in [5.41, 5.74) is 2.14. The van der Waals surface area contributed by atoms with Gasteiger partial charge in [-0.25, -0.2) is 9.48 Å². The number of fused-ring (bicyclic) bond motifs is 1. The fourth-order valence-corrected chi connectivity index (χ4v) is 3.34. The van der Waals surface area contributed by atoms with Crippen LogP contribution in [0.2, 0.25) is 5.02 Å². The molecule has 0 saturated heterocycles. The van der Waals surface area contributed by atoms with Crippen LogP contribution in [0.4, 0.5) is 5.95 Å². The van der Waals surface area contributed by atoms with Crippen LogP contribution in [0, 0.1) is 0 Å². The molecule has 0 spiro atoms. The molecule has 0 saturated carbocycles. The zero-order valence-electron chi connectivity index (χ0n) is 14.0. The third-order valence-corrected chi connectivity index (χ3v) is 4.98. The van der Waals surface area contributed by atoms with Crippen LogP contribution in [0.3, 0.4) is 0 Å². The van der Waals surface area contributed by atoms with Gasteiger partial charge in [-0.2, -0.15) is 21.8 Å². The monoisotopic (exact) mass is 378 g/mol. The molecule has 0 bridgehead atoms. The summed E-state index contributed by atoms with van der Waals surface area (Å²) in [6, 6.07) is 6.97. The third kappa shape index (κ3) is 3.82. The summed E-state index contributed by atoms with van der Waals surface area (Å²) in [6.45, 7) is 4.30. The molecule has 132 valence electrons. The van der Waals surface area contributed by atoms with Gasteiger partial charge in [0.05, 0.1) is 5.57 Å². The topological polar surface area (TPSA) is 69.0 Å². The minimum absolute atomic E-state index is 0.345. The highest BCUT2D eigenvalue weighted by atomic mass is 35.5. The number of hydrogen-bond acceptors (Lipinski definition) is 6. The first-order valence-electron chi connectivity index (χ1n) is 7.99. The van der Waals surface area contributed by atoms with Crippen LogP contribution in [0.25, 0.3) is 0 Å². The molecule has 0 aliphatic carbocycles. The smallest absolute Gasteiger partial charge is 0.338 e. The zero-order valence-corrected chi connectivity index (χ0v) is 15.6. The van der Waals surface area contributed by atoms with Crippen molar-refractivity contribution < 1.29 is 9.53 Å². The maximum atomic E-state index is 12.7. The Morgan fingerprint density at radius 1 is 1.40 bits per heavy atom. The molecule has 1 aromatic heterocycles. The van der Waals surface area contributed by atoms with E-state index in [1.54, 1.807) is 28.6 Å². The molecule has 6 nitrogen and oxygen atoms in total. The number of esters is 1. The molecule has 1 aliphatic rings. The van der Waals surface area contributed by atoms with Gasteiger partial charge in [-0.3, -0.25) is 0 Å². The second-order valence-corrected chi connectivity index (χ2v) is 7.31. The van der Waals surface area contributed by atoms with Crippen molar-refractivity contribution in [2.24, 2.45) is 0 Å². The Labute approximate surface area is 155 Å². The van der Waals surface area contributed by atoms with Crippen LogP contribution in [-0.4, -0.2) is 38.8 Å². The lowest BCUT2D eigenvalue weighted by Crippen LogP contribution is -2.30. The summed E-state index contributed by atoms with van der Waals surface area (Å²) < 4.78 is 7.16. The minimum atomic E-state index is -0.401. The molecular weight excluding hydrogens is 360 g/mol. The molecule has 25 heavy (non-hydrogen) atoms. The summed E-state index contributed by atoms with van der Waals surface area (Å²) >= 11 is 7.74. The maximum absolute atomic E-state index is 12.7. The molecule has 1 unspecified atom stereocenters. The number of nitrogens with zero attached hydrogens (tertiary/aromatic N) is 3. The number of carbonyl (C=O) groups is 1. The van der Waals surface area contributed by atoms with E-state index < -0.39 is 6.04 Å². The first-order chi connectivity index (χ1) is 12.1. The first kappa shape index (κ1) is 17.8. The van der Waals surface area contributed by atoms with Crippen LogP contribution in [0.15, 0.2) is 41.9 Å². The minimum Gasteiger partial charge on any atom is -0.461 e. The number of nitrogens with one attached hydrogen (secondary N) is 1. The highest BCUT2D eigenvalue weighted by molar-refractivity contribution is 7.99. The second kappa shape index (κ2) is 7.93. The fraction of sp³-hybridized carbons (Fsp3) is 0.353. The van der Waals surface area contributed by atoms with Crippen molar-refractivity contribution >= 4 is 35.3 Å². The Morgan fingerprint density at radius 2 is 2.16 bits per heavy atom. The standard InChI is InChI=1S/C17H19ClN4O2S/c1-3-25-9-8-24-16(23)14-11(2)21-17-19-10-20-22(17)15(14)12-4-6-13(18)7-5-12/h4-7,10,15H,3,8-9H2,1-2H3,(H,19,20,21). The lowest BCUT2D eigenvalue weighted by atomic mass is 9.96. The molecule has 0 amide bonds. The number of rotatable bonds is 6. The van der Waals surface area contributed by atoms with Gasteiger partial charge in [-0.15, -0.1) is 0 Å². The van der Waals surface area contributed by atoms with Gasteiger partial charge in [-0.1, -0.05) is 30.7 Å². The predicted molar refractivity (Wildman–Crippen MR) is 99.9 cm³/mol. The molecule has 1 aliphatic heterocycles. The Kier molecular flexibility index (Phi) is 5.65. The van der Waals surface area contributed by atoms with Gasteiger partial charge in [0.2, 0.25) is 5.95 Å². The van der Waals surface area contributed by atoms with E-state index in [0.717, 1.165) is 17.1 Å². The SMILES string of the molecule is CCSCCOC(=O)C1=C(C)Nc2ncnn2C1c1ccc(Cl)cc1. The van der Waals surface area contributed by atoms with E-state index in [0.29, 0.717) is 28.8 Å². The number of anilines is 1. The average Bonchev–Trinajstić information content (AvgIpc) is 3.06. The Bertz CT molecular complexity index is 788. The maximum Gasteiger partial charge on any atom is 0.338 e. The number of thioether (sulfide) groups is 1. The van der Waals surface area contributed by atoms with Gasteiger partial charge in [-0.05, 0) is 30.4 Å². The predicted octanol–water partition coefficient (Wildman–Crippen LogP) is 3.52. The number of halogens is 1. The molecule has 1 N–H and O–H groups in total. The lowest BCUT2D eigenvalue weighted by molar-refractivity contribution is -0.138. The van der Waals surface area contributed by atoms with Crippen molar-refractivity contribution in [1.29, 1.82) is 0 Å². The fourth-order valence-electron chi connectivity index (χ4n) is 2.72. The van der Waals surface area contributed by atoms with Crippen molar-refractivity contribution in [1.82, 2.24) is 14.8 Å². The Morgan fingerprint density at radius 3 is 2.88 bits per heavy atom. The number of benzene rings is 1. The summed E-state index contributed by atoms with van der Waals surface area (Å²) in [7, 11) is 0. The highest BCUT2D eigenvalue weighted by Gasteiger charge is 2.34. The van der Waals surface area contributed by atoms with E-state index in [4.69, 9.17) is 16.3 Å². The number of carbonyl (C=O) groups excluding carboxylic acids is 1. The molecule has 2 heterocycles. The summed E-state index contributed by atoms with van der Waals surface area (Å²) in [5, 5.41) is 8.04. The van der Waals surface area contributed by atoms with Crippen molar-refractivity contribution in [3.8, 4) is 0 Å². The van der Waals surface area contributed by atoms with Crippen molar-refractivity contribution in [2.75, 3.05) is 23.4 Å². The number of aromatic nitrogens is 3. The van der Waals surface area contributed by atoms with Gasteiger partial charge < -0.3 is 10.1 Å². The van der Waals surface area contributed by atoms with Crippen LogP contribution >= 0.6 is 23.4 Å². The molecular formula is C17H19ClN4O2S. The lowest BCUT2D eigenvalue weighted by Gasteiger charge is -2.28. The van der Waals surface area contributed by atoms with Gasteiger partial charge in [0.15, 0.2) is 0 Å². The van der Waals surface area contributed by atoms with E-state index >= 15 is 0 Å². The molecule has 2 aromatic rings. The number of ether oxygens (including phenoxy) is 1. The molecule has 1 atom stereocenters. The molecule has 8 heteroatoms. The van der Waals surface area contributed by atoms with Gasteiger partial charge >= 0.3 is 5.97 Å².